The van der Waals surface area contributed by atoms with Crippen molar-refractivity contribution in [1.82, 2.24) is 14.5 Å². The Hall–Kier alpha value is -7.13. The molecule has 0 aliphatic rings. The molecule has 10 aromatic rings. The topological polar surface area (TPSA) is 50.9 Å². The van der Waals surface area contributed by atoms with Gasteiger partial charge in [-0.2, -0.15) is 0 Å². The molecule has 2 heterocycles. The summed E-state index contributed by atoms with van der Waals surface area (Å²) in [5.74, 6) is 1.27. The van der Waals surface area contributed by atoms with Gasteiger partial charge in [0.05, 0.1) is 22.3 Å². The number of imidazole rings is 1. The molecule has 5 heteroatoms. The molecule has 2 aromatic heterocycles. The molecular formula is C71H70N3OPt-. The van der Waals surface area contributed by atoms with Gasteiger partial charge >= 0.3 is 0 Å². The van der Waals surface area contributed by atoms with Crippen LogP contribution in [0.1, 0.15) is 128 Å². The number of hydrogen-bond acceptors (Lipinski definition) is 3. The third-order valence-electron chi connectivity index (χ3n) is 15.2. The van der Waals surface area contributed by atoms with E-state index in [1.165, 1.54) is 33.4 Å². The molecule has 0 unspecified atom stereocenters. The van der Waals surface area contributed by atoms with E-state index in [0.717, 1.165) is 72.5 Å². The molecule has 386 valence electrons. The predicted octanol–water partition coefficient (Wildman–Crippen LogP) is 19.1. The first-order valence-corrected chi connectivity index (χ1v) is 26.7. The zero-order valence-electron chi connectivity index (χ0n) is 46.2. The van der Waals surface area contributed by atoms with Crippen LogP contribution in [0, 0.1) is 6.07 Å². The van der Waals surface area contributed by atoms with Crippen molar-refractivity contribution < 1.29 is 26.2 Å². The summed E-state index contributed by atoms with van der Waals surface area (Å²) in [6.07, 6.45) is 2.05. The van der Waals surface area contributed by atoms with Crippen molar-refractivity contribution in [2.45, 2.75) is 111 Å². The second-order valence-corrected chi connectivity index (χ2v) is 23.6. The summed E-state index contributed by atoms with van der Waals surface area (Å²) in [5, 5.41) is 12.8. The van der Waals surface area contributed by atoms with Crippen LogP contribution in [0.2, 0.25) is 0 Å². The molecule has 0 amide bonds. The van der Waals surface area contributed by atoms with Gasteiger partial charge < -0.3 is 5.11 Å². The van der Waals surface area contributed by atoms with Crippen molar-refractivity contribution in [3.8, 4) is 78.6 Å². The standard InChI is InChI=1S/C71H70N3O.Pt/c1-45(2)57-39-51(48-28-19-14-20-29-48)40-58(46(3)4)66(57)74-64-35-25-34-56(65(64)73-68(74)59-41-55(69(5,6)7)42-62(67(59)75)70(8,9)10)52-36-50(47-26-17-13-18-27-47)37-53(38-52)63-43-61(71(11,12)54-32-23-16-24-33-54)60(44-72-63)49-30-21-15-22-31-49;/h13-37,39-46,75H,1-12H3;/q-1;. The van der Waals surface area contributed by atoms with Crippen molar-refractivity contribution in [3.05, 3.63) is 228 Å². The van der Waals surface area contributed by atoms with E-state index in [2.05, 4.69) is 276 Å². The maximum Gasteiger partial charge on any atom is 0.148 e. The van der Waals surface area contributed by atoms with Gasteiger partial charge in [-0.1, -0.05) is 245 Å². The number of pyridine rings is 1. The van der Waals surface area contributed by atoms with E-state index in [9.17, 15) is 5.11 Å². The number of phenols is 1. The third-order valence-corrected chi connectivity index (χ3v) is 15.2. The quantitative estimate of drug-likeness (QED) is 0.131. The van der Waals surface area contributed by atoms with Gasteiger partial charge in [-0.05, 0) is 97.0 Å². The first-order valence-electron chi connectivity index (χ1n) is 26.7. The Morgan fingerprint density at radius 2 is 1.00 bits per heavy atom. The van der Waals surface area contributed by atoms with E-state index in [4.69, 9.17) is 9.97 Å². The van der Waals surface area contributed by atoms with E-state index < -0.39 is 0 Å². The van der Waals surface area contributed by atoms with E-state index in [1.807, 2.05) is 6.20 Å². The van der Waals surface area contributed by atoms with Crippen molar-refractivity contribution in [2.24, 2.45) is 0 Å². The number of aromatic hydroxyl groups is 1. The molecule has 0 spiro atoms. The molecule has 0 fully saturated rings. The summed E-state index contributed by atoms with van der Waals surface area (Å²) < 4.78 is 2.37. The second-order valence-electron chi connectivity index (χ2n) is 23.6. The molecule has 0 radical (unpaired) electrons. The van der Waals surface area contributed by atoms with Gasteiger partial charge in [-0.15, -0.1) is 23.8 Å². The summed E-state index contributed by atoms with van der Waals surface area (Å²) >= 11 is 0. The smallest absolute Gasteiger partial charge is 0.148 e. The first kappa shape index (κ1) is 53.7. The van der Waals surface area contributed by atoms with Crippen LogP contribution in [-0.2, 0) is 37.3 Å². The van der Waals surface area contributed by atoms with Crippen LogP contribution in [0.4, 0.5) is 0 Å². The fourth-order valence-corrected chi connectivity index (χ4v) is 10.8. The monoisotopic (exact) mass is 1180 g/mol. The number of para-hydroxylation sites is 1. The molecule has 4 nitrogen and oxygen atoms in total. The van der Waals surface area contributed by atoms with Crippen molar-refractivity contribution in [3.63, 3.8) is 0 Å². The minimum Gasteiger partial charge on any atom is -0.507 e. The summed E-state index contributed by atoms with van der Waals surface area (Å²) in [4.78, 5) is 11.1. The molecule has 0 bridgehead atoms. The number of fused-ring (bicyclic) bond motifs is 1. The number of rotatable bonds is 11. The molecule has 0 saturated carbocycles. The average Bonchev–Trinajstić information content (AvgIpc) is 3.85. The SMILES string of the molecule is CC(C)c1cc(-c2ccccc2)cc(C(C)C)c1-n1c(-c2cc(C(C)(C)C)cc(C(C)(C)C)c2O)nc2c(-c3[c-]c(-c4cc(C(C)(C)c5ccccc5)c(-c5ccccc5)cn4)cc(-c4ccccc4)c3)cccc21.[Pt]. The van der Waals surface area contributed by atoms with Crippen molar-refractivity contribution >= 4 is 11.0 Å². The number of nitrogens with zero attached hydrogens (tertiary/aromatic N) is 3. The van der Waals surface area contributed by atoms with Crippen LogP contribution in [0.3, 0.4) is 0 Å². The molecule has 0 aliphatic carbocycles. The van der Waals surface area contributed by atoms with Crippen molar-refractivity contribution in [2.75, 3.05) is 0 Å². The summed E-state index contributed by atoms with van der Waals surface area (Å²) in [6, 6.07) is 69.1. The largest absolute Gasteiger partial charge is 0.507 e. The van der Waals surface area contributed by atoms with Gasteiger partial charge in [-0.3, -0.25) is 9.55 Å². The van der Waals surface area contributed by atoms with E-state index in [1.54, 1.807) is 0 Å². The maximum atomic E-state index is 12.8. The summed E-state index contributed by atoms with van der Waals surface area (Å²) in [7, 11) is 0. The first-order chi connectivity index (χ1) is 35.8. The van der Waals surface area contributed by atoms with Crippen LogP contribution in [0.5, 0.6) is 5.75 Å². The minimum absolute atomic E-state index is 0. The van der Waals surface area contributed by atoms with Crippen molar-refractivity contribution in [1.29, 1.82) is 0 Å². The van der Waals surface area contributed by atoms with Gasteiger partial charge in [0.25, 0.3) is 0 Å². The molecule has 0 saturated heterocycles. The van der Waals surface area contributed by atoms with Gasteiger partial charge in [0, 0.05) is 49.5 Å². The molecule has 10 rings (SSSR count). The number of hydrogen-bond donors (Lipinski definition) is 1. The van der Waals surface area contributed by atoms with Gasteiger partial charge in [0.2, 0.25) is 0 Å². The van der Waals surface area contributed by atoms with Crippen LogP contribution in [-0.4, -0.2) is 19.6 Å². The fraction of sp³-hybridized carbons (Fsp3) is 0.239. The van der Waals surface area contributed by atoms with E-state index in [-0.39, 0.29) is 54.9 Å². The third kappa shape index (κ3) is 10.3. The zero-order chi connectivity index (χ0) is 53.0. The normalized spacial score (nSPS) is 12.1. The van der Waals surface area contributed by atoms with Gasteiger partial charge in [0.1, 0.15) is 11.6 Å². The molecule has 1 N–H and O–H groups in total. The van der Waals surface area contributed by atoms with E-state index >= 15 is 0 Å². The maximum absolute atomic E-state index is 12.8. The number of phenolic OH excluding ortho intramolecular Hbond substituents is 1. The Morgan fingerprint density at radius 1 is 0.474 bits per heavy atom. The number of benzene rings is 8. The molecular weight excluding hydrogens is 1110 g/mol. The van der Waals surface area contributed by atoms with Crippen LogP contribution >= 0.6 is 0 Å². The van der Waals surface area contributed by atoms with Crippen LogP contribution in [0.15, 0.2) is 188 Å². The summed E-state index contributed by atoms with van der Waals surface area (Å²) in [6.45, 7) is 27.0. The van der Waals surface area contributed by atoms with Gasteiger partial charge in [0.15, 0.2) is 0 Å². The molecule has 8 aromatic carbocycles. The van der Waals surface area contributed by atoms with Gasteiger partial charge in [-0.25, -0.2) is 4.98 Å². The Kier molecular flexibility index (Phi) is 14.9. The number of aromatic nitrogens is 3. The fourth-order valence-electron chi connectivity index (χ4n) is 10.8. The molecule has 76 heavy (non-hydrogen) atoms. The second kappa shape index (κ2) is 21.1. The van der Waals surface area contributed by atoms with E-state index in [0.29, 0.717) is 11.4 Å². The Labute approximate surface area is 466 Å². The minimum atomic E-state index is -0.357. The molecule has 0 atom stereocenters. The van der Waals surface area contributed by atoms with Crippen LogP contribution in [0.25, 0.3) is 83.9 Å². The summed E-state index contributed by atoms with van der Waals surface area (Å²) in [5.41, 5.74) is 19.9. The Balaban J connectivity index is 0.00000706. The zero-order valence-corrected chi connectivity index (χ0v) is 48.4. The molecule has 0 aliphatic heterocycles. The van der Waals surface area contributed by atoms with Crippen LogP contribution < -0.4 is 0 Å². The average molecular weight is 1180 g/mol. The Bertz CT molecular complexity index is 3660. The Morgan fingerprint density at radius 3 is 1.54 bits per heavy atom. The predicted molar refractivity (Wildman–Crippen MR) is 316 cm³/mol.